The summed E-state index contributed by atoms with van der Waals surface area (Å²) in [5.41, 5.74) is -0.785. The highest BCUT2D eigenvalue weighted by Gasteiger charge is 2.32. The number of sulfonamides is 2. The smallest absolute Gasteiger partial charge is 0.286 e. The van der Waals surface area contributed by atoms with Crippen molar-refractivity contribution in [2.75, 3.05) is 29.7 Å². The number of aryl methyl sites for hydroxylation is 1. The Balaban J connectivity index is 1.86. The van der Waals surface area contributed by atoms with E-state index in [2.05, 4.69) is 14.8 Å². The lowest BCUT2D eigenvalue weighted by Gasteiger charge is -2.24. The molecular weight excluding hydrogens is 554 g/mol. The molecular formula is C23H27N5O7S3. The molecule has 0 atom stereocenters. The summed E-state index contributed by atoms with van der Waals surface area (Å²) < 4.78 is 61.7. The summed E-state index contributed by atoms with van der Waals surface area (Å²) >= 11 is 1.30. The van der Waals surface area contributed by atoms with Crippen molar-refractivity contribution in [3.8, 4) is 16.3 Å². The number of nitrogens with zero attached hydrogens (tertiary/aromatic N) is 4. The van der Waals surface area contributed by atoms with Crippen LogP contribution < -0.4 is 15.2 Å². The van der Waals surface area contributed by atoms with E-state index in [1.54, 1.807) is 17.5 Å². The molecule has 0 amide bonds. The van der Waals surface area contributed by atoms with E-state index in [0.717, 1.165) is 16.6 Å². The Labute approximate surface area is 224 Å². The zero-order chi connectivity index (χ0) is 27.8. The van der Waals surface area contributed by atoms with Crippen LogP contribution in [-0.4, -0.2) is 57.7 Å². The van der Waals surface area contributed by atoms with Crippen LogP contribution in [-0.2, 0) is 31.3 Å². The van der Waals surface area contributed by atoms with Gasteiger partial charge in [0.25, 0.3) is 15.6 Å². The van der Waals surface area contributed by atoms with Crippen LogP contribution in [0.25, 0.3) is 10.6 Å². The lowest BCUT2D eigenvalue weighted by Crippen LogP contribution is -2.35. The zero-order valence-corrected chi connectivity index (χ0v) is 23.5. The van der Waals surface area contributed by atoms with E-state index in [4.69, 9.17) is 4.74 Å². The van der Waals surface area contributed by atoms with Crippen molar-refractivity contribution in [2.45, 2.75) is 31.7 Å². The molecule has 12 nitrogen and oxygen atoms in total. The molecule has 1 aromatic carbocycles. The van der Waals surface area contributed by atoms with Crippen LogP contribution in [0.1, 0.15) is 25.8 Å². The van der Waals surface area contributed by atoms with Gasteiger partial charge in [-0.05, 0) is 42.0 Å². The van der Waals surface area contributed by atoms with Crippen LogP contribution in [0.3, 0.4) is 0 Å². The SMILES string of the molecule is COCN(c1ccc2c(c1)S(=O)(=O)N=C(c1c(O)c(-c3cccs3)nn(CCC(C)C)c1=O)N2)S(C)(=O)=O. The summed E-state index contributed by atoms with van der Waals surface area (Å²) in [5.74, 6) is -0.589. The summed E-state index contributed by atoms with van der Waals surface area (Å²) in [5, 5.41) is 20.1. The van der Waals surface area contributed by atoms with Gasteiger partial charge in [-0.2, -0.15) is 13.5 Å². The number of hydrogen-bond donors (Lipinski definition) is 2. The third-order valence-corrected chi connectivity index (χ3v) is 8.99. The molecule has 204 valence electrons. The Hall–Kier alpha value is -3.27. The number of aromatic hydroxyl groups is 1. The molecule has 2 aromatic heterocycles. The summed E-state index contributed by atoms with van der Waals surface area (Å²) in [6.45, 7) is 3.91. The first kappa shape index (κ1) is 27.8. The quantitative estimate of drug-likeness (QED) is 0.362. The Morgan fingerprint density at radius 3 is 2.61 bits per heavy atom. The van der Waals surface area contributed by atoms with Crippen molar-refractivity contribution in [1.29, 1.82) is 0 Å². The summed E-state index contributed by atoms with van der Waals surface area (Å²) in [4.78, 5) is 13.7. The van der Waals surface area contributed by atoms with Crippen molar-refractivity contribution >= 4 is 48.6 Å². The highest BCUT2D eigenvalue weighted by atomic mass is 32.2. The predicted octanol–water partition coefficient (Wildman–Crippen LogP) is 2.65. The molecule has 4 rings (SSSR count). The lowest BCUT2D eigenvalue weighted by atomic mass is 10.1. The monoisotopic (exact) mass is 581 g/mol. The van der Waals surface area contributed by atoms with Crippen LogP contribution >= 0.6 is 11.3 Å². The predicted molar refractivity (Wildman–Crippen MR) is 146 cm³/mol. The molecule has 0 radical (unpaired) electrons. The van der Waals surface area contributed by atoms with Crippen LogP contribution in [0, 0.1) is 5.92 Å². The fraction of sp³-hybridized carbons (Fsp3) is 0.348. The number of anilines is 2. The molecule has 0 bridgehead atoms. The van der Waals surface area contributed by atoms with E-state index in [-0.39, 0.29) is 52.6 Å². The Morgan fingerprint density at radius 2 is 2.00 bits per heavy atom. The van der Waals surface area contributed by atoms with Crippen LogP contribution in [0.5, 0.6) is 5.75 Å². The molecule has 0 aliphatic carbocycles. The van der Waals surface area contributed by atoms with Gasteiger partial charge < -0.3 is 15.2 Å². The summed E-state index contributed by atoms with van der Waals surface area (Å²) in [6, 6.07) is 7.41. The number of nitrogens with one attached hydrogen (secondary N) is 1. The van der Waals surface area contributed by atoms with Crippen LogP contribution in [0.2, 0.25) is 0 Å². The maximum absolute atomic E-state index is 13.4. The largest absolute Gasteiger partial charge is 0.505 e. The van der Waals surface area contributed by atoms with Gasteiger partial charge in [-0.3, -0.25) is 4.79 Å². The fourth-order valence-electron chi connectivity index (χ4n) is 3.78. The number of fused-ring (bicyclic) bond motifs is 1. The average Bonchev–Trinajstić information content (AvgIpc) is 3.35. The van der Waals surface area contributed by atoms with Crippen molar-refractivity contribution in [3.63, 3.8) is 0 Å². The van der Waals surface area contributed by atoms with Gasteiger partial charge in [0.1, 0.15) is 22.9 Å². The van der Waals surface area contributed by atoms with Crippen molar-refractivity contribution in [1.82, 2.24) is 9.78 Å². The number of hydrogen-bond acceptors (Lipinski definition) is 10. The molecule has 0 saturated heterocycles. The van der Waals surface area contributed by atoms with Crippen molar-refractivity contribution < 1.29 is 26.7 Å². The molecule has 2 N–H and O–H groups in total. The topological polar surface area (TPSA) is 160 Å². The molecule has 3 aromatic rings. The van der Waals surface area contributed by atoms with E-state index in [9.17, 15) is 26.7 Å². The second-order valence-electron chi connectivity index (χ2n) is 9.01. The second-order valence-corrected chi connectivity index (χ2v) is 13.4. The minimum atomic E-state index is -4.41. The molecule has 1 aliphatic rings. The zero-order valence-electron chi connectivity index (χ0n) is 21.1. The van der Waals surface area contributed by atoms with Gasteiger partial charge in [-0.1, -0.05) is 19.9 Å². The summed E-state index contributed by atoms with van der Waals surface area (Å²) in [7, 11) is -6.88. The first-order chi connectivity index (χ1) is 17.8. The molecule has 3 heterocycles. The number of benzene rings is 1. The van der Waals surface area contributed by atoms with E-state index >= 15 is 0 Å². The number of ether oxygens (including phenoxy) is 1. The van der Waals surface area contributed by atoms with Gasteiger partial charge in [0.15, 0.2) is 11.6 Å². The number of aromatic nitrogens is 2. The highest BCUT2D eigenvalue weighted by molar-refractivity contribution is 7.92. The molecule has 0 unspecified atom stereocenters. The first-order valence-electron chi connectivity index (χ1n) is 11.4. The van der Waals surface area contributed by atoms with E-state index < -0.39 is 31.4 Å². The minimum absolute atomic E-state index is 0.0555. The van der Waals surface area contributed by atoms with Gasteiger partial charge in [0.05, 0.1) is 22.5 Å². The van der Waals surface area contributed by atoms with E-state index in [1.807, 2.05) is 13.8 Å². The minimum Gasteiger partial charge on any atom is -0.505 e. The first-order valence-corrected chi connectivity index (χ1v) is 15.6. The molecule has 38 heavy (non-hydrogen) atoms. The van der Waals surface area contributed by atoms with Crippen LogP contribution in [0.15, 0.2) is 49.8 Å². The lowest BCUT2D eigenvalue weighted by molar-refractivity contribution is 0.210. The maximum Gasteiger partial charge on any atom is 0.286 e. The number of rotatable bonds is 9. The van der Waals surface area contributed by atoms with E-state index in [0.29, 0.717) is 11.3 Å². The second kappa shape index (κ2) is 10.5. The maximum atomic E-state index is 13.4. The highest BCUT2D eigenvalue weighted by Crippen LogP contribution is 2.36. The Bertz CT molecular complexity index is 1660. The van der Waals surface area contributed by atoms with Crippen LogP contribution in [0.4, 0.5) is 11.4 Å². The Kier molecular flexibility index (Phi) is 7.65. The third-order valence-electron chi connectivity index (χ3n) is 5.68. The third kappa shape index (κ3) is 5.45. The Morgan fingerprint density at radius 1 is 1.26 bits per heavy atom. The molecule has 0 fully saturated rings. The molecule has 15 heteroatoms. The van der Waals surface area contributed by atoms with Gasteiger partial charge in [-0.15, -0.1) is 15.7 Å². The van der Waals surface area contributed by atoms with Gasteiger partial charge in [-0.25, -0.2) is 17.4 Å². The standard InChI is InChI=1S/C23H27N5O7S3/c1-14(2)9-10-27-23(30)19(21(29)20(25-27)17-6-5-11-36-17)22-24-16-8-7-15(12-18(16)38(33,34)26-22)28(13-35-3)37(4,31)32/h5-8,11-12,14,29H,9-10,13H2,1-4H3,(H,24,26). The van der Waals surface area contributed by atoms with Crippen molar-refractivity contribution in [3.05, 3.63) is 51.6 Å². The number of thiophene rings is 1. The average molecular weight is 582 g/mol. The van der Waals surface area contributed by atoms with Gasteiger partial charge in [0, 0.05) is 13.7 Å². The van der Waals surface area contributed by atoms with E-state index in [1.165, 1.54) is 35.3 Å². The molecule has 0 saturated carbocycles. The van der Waals surface area contributed by atoms with Gasteiger partial charge in [0.2, 0.25) is 10.0 Å². The fourth-order valence-corrected chi connectivity index (χ4v) is 6.42. The molecule has 1 aliphatic heterocycles. The normalized spacial score (nSPS) is 14.6. The number of methoxy groups -OCH3 is 1. The number of amidine groups is 1. The van der Waals surface area contributed by atoms with Gasteiger partial charge >= 0.3 is 0 Å². The molecule has 0 spiro atoms. The van der Waals surface area contributed by atoms with Crippen molar-refractivity contribution in [2.24, 2.45) is 10.3 Å². The summed E-state index contributed by atoms with van der Waals surface area (Å²) in [6.07, 6.45) is 1.60.